The number of benzene rings is 1. The Kier molecular flexibility index (Phi) is 6.29. The third kappa shape index (κ3) is 5.54. The number of anilines is 1. The molecule has 5 heteroatoms. The molecule has 0 aliphatic heterocycles. The Balaban J connectivity index is 1.85. The van der Waals surface area contributed by atoms with E-state index in [1.807, 2.05) is 25.1 Å². The molecule has 0 aliphatic rings. The Morgan fingerprint density at radius 1 is 1.26 bits per heavy atom. The first-order chi connectivity index (χ1) is 11.2. The van der Waals surface area contributed by atoms with Crippen molar-refractivity contribution in [2.75, 3.05) is 18.4 Å². The van der Waals surface area contributed by atoms with Crippen LogP contribution in [0.15, 0.2) is 49.1 Å². The fourth-order valence-corrected chi connectivity index (χ4v) is 2.16. The zero-order valence-electron chi connectivity index (χ0n) is 13.4. The van der Waals surface area contributed by atoms with E-state index in [1.165, 1.54) is 5.56 Å². The molecule has 0 saturated carbocycles. The maximum absolute atomic E-state index is 12.2. The Hall–Kier alpha value is -2.69. The largest absolute Gasteiger partial charge is 0.351 e. The second-order valence-corrected chi connectivity index (χ2v) is 5.23. The SMILES string of the molecule is C=CCNc1nc(C)cc(C(=O)NCCCc2ccccc2)n1. The molecule has 1 heterocycles. The highest BCUT2D eigenvalue weighted by Crippen LogP contribution is 2.05. The molecule has 0 aliphatic carbocycles. The van der Waals surface area contributed by atoms with Gasteiger partial charge in [0.1, 0.15) is 5.69 Å². The summed E-state index contributed by atoms with van der Waals surface area (Å²) >= 11 is 0. The average molecular weight is 310 g/mol. The van der Waals surface area contributed by atoms with Gasteiger partial charge in [-0.15, -0.1) is 6.58 Å². The third-order valence-electron chi connectivity index (χ3n) is 3.26. The van der Waals surface area contributed by atoms with Gasteiger partial charge in [-0.3, -0.25) is 4.79 Å². The molecule has 2 N–H and O–H groups in total. The Bertz CT molecular complexity index is 655. The smallest absolute Gasteiger partial charge is 0.270 e. The third-order valence-corrected chi connectivity index (χ3v) is 3.26. The molecule has 1 aromatic heterocycles. The minimum Gasteiger partial charge on any atom is -0.351 e. The van der Waals surface area contributed by atoms with Crippen LogP contribution in [0, 0.1) is 6.92 Å². The van der Waals surface area contributed by atoms with Gasteiger partial charge < -0.3 is 10.6 Å². The number of carbonyl (C=O) groups is 1. The summed E-state index contributed by atoms with van der Waals surface area (Å²) in [7, 11) is 0. The lowest BCUT2D eigenvalue weighted by Gasteiger charge is -2.08. The van der Waals surface area contributed by atoms with Crippen LogP contribution in [-0.4, -0.2) is 29.0 Å². The molecule has 1 amide bonds. The van der Waals surface area contributed by atoms with Crippen LogP contribution in [0.1, 0.15) is 28.2 Å². The summed E-state index contributed by atoms with van der Waals surface area (Å²) in [5, 5.41) is 5.90. The van der Waals surface area contributed by atoms with Gasteiger partial charge in [0.05, 0.1) is 0 Å². The van der Waals surface area contributed by atoms with Crippen molar-refractivity contribution < 1.29 is 4.79 Å². The van der Waals surface area contributed by atoms with Gasteiger partial charge in [0.15, 0.2) is 0 Å². The Morgan fingerprint density at radius 2 is 2.04 bits per heavy atom. The maximum atomic E-state index is 12.2. The zero-order valence-corrected chi connectivity index (χ0v) is 13.4. The average Bonchev–Trinajstić information content (AvgIpc) is 2.57. The standard InChI is InChI=1S/C18H22N4O/c1-3-11-20-18-21-14(2)13-16(22-18)17(23)19-12-7-10-15-8-5-4-6-9-15/h3-6,8-9,13H,1,7,10-12H2,2H3,(H,19,23)(H,20,21,22). The number of amides is 1. The lowest BCUT2D eigenvalue weighted by molar-refractivity contribution is 0.0948. The van der Waals surface area contributed by atoms with Crippen LogP contribution in [0.25, 0.3) is 0 Å². The molecule has 0 bridgehead atoms. The zero-order chi connectivity index (χ0) is 16.5. The van der Waals surface area contributed by atoms with E-state index in [9.17, 15) is 4.79 Å². The Labute approximate surface area is 136 Å². The van der Waals surface area contributed by atoms with Gasteiger partial charge in [0, 0.05) is 18.8 Å². The minimum absolute atomic E-state index is 0.176. The van der Waals surface area contributed by atoms with E-state index < -0.39 is 0 Å². The van der Waals surface area contributed by atoms with E-state index in [4.69, 9.17) is 0 Å². The fraction of sp³-hybridized carbons (Fsp3) is 0.278. The van der Waals surface area contributed by atoms with E-state index >= 15 is 0 Å². The van der Waals surface area contributed by atoms with E-state index in [0.29, 0.717) is 24.7 Å². The molecule has 1 aromatic carbocycles. The van der Waals surface area contributed by atoms with Gasteiger partial charge in [-0.2, -0.15) is 0 Å². The summed E-state index contributed by atoms with van der Waals surface area (Å²) in [6.45, 7) is 6.65. The number of nitrogens with one attached hydrogen (secondary N) is 2. The van der Waals surface area contributed by atoms with E-state index in [1.54, 1.807) is 12.1 Å². The van der Waals surface area contributed by atoms with Crippen molar-refractivity contribution in [2.45, 2.75) is 19.8 Å². The predicted octanol–water partition coefficient (Wildman–Crippen LogP) is 2.75. The molecule has 0 fully saturated rings. The van der Waals surface area contributed by atoms with E-state index in [0.717, 1.165) is 18.5 Å². The number of aromatic nitrogens is 2. The van der Waals surface area contributed by atoms with Crippen molar-refractivity contribution in [3.63, 3.8) is 0 Å². The van der Waals surface area contributed by atoms with Crippen LogP contribution in [0.2, 0.25) is 0 Å². The lowest BCUT2D eigenvalue weighted by Crippen LogP contribution is -2.26. The highest BCUT2D eigenvalue weighted by molar-refractivity contribution is 5.92. The summed E-state index contributed by atoms with van der Waals surface area (Å²) in [5.74, 6) is 0.268. The van der Waals surface area contributed by atoms with Crippen molar-refractivity contribution >= 4 is 11.9 Å². The van der Waals surface area contributed by atoms with Crippen LogP contribution < -0.4 is 10.6 Å². The van der Waals surface area contributed by atoms with Crippen molar-refractivity contribution in [1.29, 1.82) is 0 Å². The minimum atomic E-state index is -0.176. The van der Waals surface area contributed by atoms with Crippen molar-refractivity contribution in [1.82, 2.24) is 15.3 Å². The summed E-state index contributed by atoms with van der Waals surface area (Å²) in [5.41, 5.74) is 2.40. The lowest BCUT2D eigenvalue weighted by atomic mass is 10.1. The molecule has 0 saturated heterocycles. The van der Waals surface area contributed by atoms with Gasteiger partial charge in [0.25, 0.3) is 5.91 Å². The van der Waals surface area contributed by atoms with Crippen LogP contribution >= 0.6 is 0 Å². The van der Waals surface area contributed by atoms with Gasteiger partial charge in [0.2, 0.25) is 5.95 Å². The van der Waals surface area contributed by atoms with Gasteiger partial charge >= 0.3 is 0 Å². The molecule has 0 spiro atoms. The van der Waals surface area contributed by atoms with Crippen LogP contribution in [-0.2, 0) is 6.42 Å². The van der Waals surface area contributed by atoms with Crippen molar-refractivity contribution in [3.05, 3.63) is 66.0 Å². The number of nitrogens with zero attached hydrogens (tertiary/aromatic N) is 2. The van der Waals surface area contributed by atoms with Crippen molar-refractivity contribution in [2.24, 2.45) is 0 Å². The molecule has 2 rings (SSSR count). The first-order valence-corrected chi connectivity index (χ1v) is 7.71. The fourth-order valence-electron chi connectivity index (χ4n) is 2.16. The first kappa shape index (κ1) is 16.7. The van der Waals surface area contributed by atoms with Crippen molar-refractivity contribution in [3.8, 4) is 0 Å². The first-order valence-electron chi connectivity index (χ1n) is 7.71. The normalized spacial score (nSPS) is 10.1. The van der Waals surface area contributed by atoms with E-state index in [2.05, 4.69) is 39.3 Å². The van der Waals surface area contributed by atoms with Crippen LogP contribution in [0.5, 0.6) is 0 Å². The molecule has 0 unspecified atom stereocenters. The molecule has 23 heavy (non-hydrogen) atoms. The molecule has 2 aromatic rings. The molecule has 0 atom stereocenters. The number of aryl methyl sites for hydroxylation is 2. The summed E-state index contributed by atoms with van der Waals surface area (Å²) in [4.78, 5) is 20.7. The molecule has 120 valence electrons. The summed E-state index contributed by atoms with van der Waals surface area (Å²) < 4.78 is 0. The highest BCUT2D eigenvalue weighted by Gasteiger charge is 2.09. The Morgan fingerprint density at radius 3 is 2.78 bits per heavy atom. The van der Waals surface area contributed by atoms with E-state index in [-0.39, 0.29) is 5.91 Å². The predicted molar refractivity (Wildman–Crippen MR) is 92.6 cm³/mol. The number of carbonyl (C=O) groups excluding carboxylic acids is 1. The van der Waals surface area contributed by atoms with Gasteiger partial charge in [-0.05, 0) is 31.4 Å². The van der Waals surface area contributed by atoms with Crippen LogP contribution in [0.4, 0.5) is 5.95 Å². The second-order valence-electron chi connectivity index (χ2n) is 5.23. The highest BCUT2D eigenvalue weighted by atomic mass is 16.1. The second kappa shape index (κ2) is 8.68. The summed E-state index contributed by atoms with van der Waals surface area (Å²) in [6, 6.07) is 11.9. The number of hydrogen-bond donors (Lipinski definition) is 2. The number of hydrogen-bond acceptors (Lipinski definition) is 4. The summed E-state index contributed by atoms with van der Waals surface area (Å²) in [6.07, 6.45) is 3.55. The van der Waals surface area contributed by atoms with Crippen LogP contribution in [0.3, 0.4) is 0 Å². The molecule has 5 nitrogen and oxygen atoms in total. The monoisotopic (exact) mass is 310 g/mol. The molecular formula is C18H22N4O. The van der Waals surface area contributed by atoms with Gasteiger partial charge in [-0.25, -0.2) is 9.97 Å². The maximum Gasteiger partial charge on any atom is 0.270 e. The quantitative estimate of drug-likeness (QED) is 0.581. The van der Waals surface area contributed by atoms with Gasteiger partial charge in [-0.1, -0.05) is 36.4 Å². The molecular weight excluding hydrogens is 288 g/mol. The molecule has 0 radical (unpaired) electrons. The number of rotatable bonds is 8. The topological polar surface area (TPSA) is 66.9 Å².